The van der Waals surface area contributed by atoms with Crippen molar-refractivity contribution in [3.8, 4) is 0 Å². The van der Waals surface area contributed by atoms with E-state index in [-0.39, 0.29) is 22.4 Å². The summed E-state index contributed by atoms with van der Waals surface area (Å²) in [4.78, 5) is 24.3. The second kappa shape index (κ2) is 5.13. The van der Waals surface area contributed by atoms with E-state index in [2.05, 4.69) is 26.8 Å². The van der Waals surface area contributed by atoms with Gasteiger partial charge in [0.1, 0.15) is 5.60 Å². The van der Waals surface area contributed by atoms with Crippen molar-refractivity contribution < 1.29 is 14.3 Å². The summed E-state index contributed by atoms with van der Waals surface area (Å²) in [6, 6.07) is 0. The Kier molecular flexibility index (Phi) is 3.25. The van der Waals surface area contributed by atoms with Crippen molar-refractivity contribution in [1.29, 1.82) is 0 Å². The fraction of sp³-hybridized carbons (Fsp3) is 0.840. The molecule has 0 aliphatic heterocycles. The van der Waals surface area contributed by atoms with Gasteiger partial charge in [0.15, 0.2) is 5.78 Å². The monoisotopic (exact) mass is 382 g/mol. The van der Waals surface area contributed by atoms with Gasteiger partial charge in [0.25, 0.3) is 0 Å². The first-order valence-corrected chi connectivity index (χ1v) is 11.7. The van der Waals surface area contributed by atoms with Gasteiger partial charge in [-0.2, -0.15) is 0 Å². The van der Waals surface area contributed by atoms with Crippen molar-refractivity contribution in [3.05, 3.63) is 11.6 Å². The molecule has 6 aliphatic carbocycles. The molecular formula is C25H34O3. The molecule has 0 N–H and O–H groups in total. The van der Waals surface area contributed by atoms with Crippen LogP contribution in [0.1, 0.15) is 72.6 Å². The molecule has 0 spiro atoms. The second-order valence-corrected chi connectivity index (χ2v) is 11.5. The lowest BCUT2D eigenvalue weighted by Crippen LogP contribution is -2.58. The summed E-state index contributed by atoms with van der Waals surface area (Å²) in [5.41, 5.74) is 1.66. The number of ether oxygens (including phenoxy) is 1. The predicted molar refractivity (Wildman–Crippen MR) is 106 cm³/mol. The fourth-order valence-corrected chi connectivity index (χ4v) is 9.67. The van der Waals surface area contributed by atoms with E-state index in [0.29, 0.717) is 23.5 Å². The first-order chi connectivity index (χ1) is 13.3. The number of fused-ring (bicyclic) bond motifs is 10. The highest BCUT2D eigenvalue weighted by Crippen LogP contribution is 2.81. The van der Waals surface area contributed by atoms with Crippen LogP contribution in [0.4, 0.5) is 0 Å². The third-order valence-corrected chi connectivity index (χ3v) is 10.7. The van der Waals surface area contributed by atoms with Gasteiger partial charge in [0.2, 0.25) is 0 Å². The van der Waals surface area contributed by atoms with Crippen LogP contribution >= 0.6 is 0 Å². The van der Waals surface area contributed by atoms with Gasteiger partial charge < -0.3 is 4.74 Å². The summed E-state index contributed by atoms with van der Waals surface area (Å²) in [5.74, 6) is 5.28. The lowest BCUT2D eigenvalue weighted by molar-refractivity contribution is -0.193. The van der Waals surface area contributed by atoms with Crippen LogP contribution in [0.2, 0.25) is 0 Å². The molecule has 0 amide bonds. The number of carbonyl (C=O) groups excluding carboxylic acids is 2. The maximum absolute atomic E-state index is 12.2. The molecule has 0 heterocycles. The topological polar surface area (TPSA) is 43.4 Å². The smallest absolute Gasteiger partial charge is 0.303 e. The number of rotatable bonds is 2. The van der Waals surface area contributed by atoms with Crippen molar-refractivity contribution in [2.24, 2.45) is 52.3 Å². The Morgan fingerprint density at radius 3 is 2.68 bits per heavy atom. The van der Waals surface area contributed by atoms with E-state index in [1.807, 2.05) is 0 Å². The van der Waals surface area contributed by atoms with Crippen LogP contribution in [-0.2, 0) is 14.3 Å². The normalized spacial score (nSPS) is 57.8. The van der Waals surface area contributed by atoms with E-state index in [9.17, 15) is 9.59 Å². The molecule has 0 radical (unpaired) electrons. The van der Waals surface area contributed by atoms with Crippen LogP contribution in [-0.4, -0.2) is 17.4 Å². The second-order valence-electron chi connectivity index (χ2n) is 11.5. The summed E-state index contributed by atoms with van der Waals surface area (Å²) in [7, 11) is 0. The molecule has 0 bridgehead atoms. The lowest BCUT2D eigenvalue weighted by Gasteiger charge is -2.60. The van der Waals surface area contributed by atoms with E-state index in [4.69, 9.17) is 4.74 Å². The van der Waals surface area contributed by atoms with Crippen molar-refractivity contribution in [2.45, 2.75) is 78.2 Å². The third kappa shape index (κ3) is 1.84. The van der Waals surface area contributed by atoms with E-state index in [1.54, 1.807) is 6.92 Å². The van der Waals surface area contributed by atoms with E-state index in [1.165, 1.54) is 31.3 Å². The largest absolute Gasteiger partial charge is 0.458 e. The molecule has 5 fully saturated rings. The molecule has 0 aromatic heterocycles. The van der Waals surface area contributed by atoms with Gasteiger partial charge >= 0.3 is 5.97 Å². The number of allylic oxidation sites excluding steroid dienone is 1. The average Bonchev–Trinajstić information content (AvgIpc) is 3.54. The summed E-state index contributed by atoms with van der Waals surface area (Å²) < 4.78 is 6.25. The van der Waals surface area contributed by atoms with Gasteiger partial charge in [-0.05, 0) is 85.5 Å². The van der Waals surface area contributed by atoms with Crippen LogP contribution in [0.25, 0.3) is 0 Å². The van der Waals surface area contributed by atoms with Crippen LogP contribution in [0.5, 0.6) is 0 Å². The minimum atomic E-state index is -0.233. The van der Waals surface area contributed by atoms with Gasteiger partial charge in [-0.3, -0.25) is 9.59 Å². The van der Waals surface area contributed by atoms with Crippen LogP contribution in [0.15, 0.2) is 11.6 Å². The van der Waals surface area contributed by atoms with Gasteiger partial charge in [0, 0.05) is 24.7 Å². The summed E-state index contributed by atoms with van der Waals surface area (Å²) in [5, 5.41) is 0. The first kappa shape index (κ1) is 17.7. The minimum absolute atomic E-state index is 0.0904. The molecule has 3 nitrogen and oxygen atoms in total. The van der Waals surface area contributed by atoms with E-state index < -0.39 is 0 Å². The number of esters is 1. The zero-order valence-corrected chi connectivity index (χ0v) is 17.8. The molecular weight excluding hydrogens is 348 g/mol. The highest BCUT2D eigenvalue weighted by Gasteiger charge is 2.79. The highest BCUT2D eigenvalue weighted by atomic mass is 16.6. The molecule has 152 valence electrons. The fourth-order valence-electron chi connectivity index (χ4n) is 9.67. The highest BCUT2D eigenvalue weighted by molar-refractivity contribution is 5.92. The van der Waals surface area contributed by atoms with Crippen molar-refractivity contribution in [3.63, 3.8) is 0 Å². The van der Waals surface area contributed by atoms with Crippen molar-refractivity contribution in [2.75, 3.05) is 0 Å². The number of ketones is 1. The number of hydrogen-bond donors (Lipinski definition) is 0. The molecule has 0 aromatic carbocycles. The average molecular weight is 383 g/mol. The SMILES string of the molecule is CC[C@]1(OC(C)=O)C2CC2C2C3C4CC4C4=CC(=O)CCC4(C)C3CCC21C. The molecule has 6 rings (SSSR count). The zero-order valence-electron chi connectivity index (χ0n) is 17.8. The van der Waals surface area contributed by atoms with Crippen LogP contribution in [0.3, 0.4) is 0 Å². The quantitative estimate of drug-likeness (QED) is 0.635. The molecule has 3 heteroatoms. The molecule has 28 heavy (non-hydrogen) atoms. The number of carbonyl (C=O) groups is 2. The van der Waals surface area contributed by atoms with Crippen molar-refractivity contribution >= 4 is 11.8 Å². The maximum atomic E-state index is 12.2. The Morgan fingerprint density at radius 1 is 1.18 bits per heavy atom. The zero-order chi connectivity index (χ0) is 19.6. The van der Waals surface area contributed by atoms with Crippen molar-refractivity contribution in [1.82, 2.24) is 0 Å². The Morgan fingerprint density at radius 2 is 1.96 bits per heavy atom. The lowest BCUT2D eigenvalue weighted by atomic mass is 9.45. The van der Waals surface area contributed by atoms with Gasteiger partial charge in [-0.1, -0.05) is 26.3 Å². The Bertz CT molecular complexity index is 813. The molecule has 0 saturated heterocycles. The van der Waals surface area contributed by atoms with Gasteiger partial charge in [-0.15, -0.1) is 0 Å². The molecule has 0 aromatic rings. The summed E-state index contributed by atoms with van der Waals surface area (Å²) in [6.07, 6.45) is 9.80. The van der Waals surface area contributed by atoms with Gasteiger partial charge in [-0.25, -0.2) is 0 Å². The Balaban J connectivity index is 1.43. The molecule has 9 unspecified atom stereocenters. The maximum Gasteiger partial charge on any atom is 0.303 e. The first-order valence-electron chi connectivity index (χ1n) is 11.7. The predicted octanol–water partition coefficient (Wildman–Crippen LogP) is 4.94. The third-order valence-electron chi connectivity index (χ3n) is 10.7. The minimum Gasteiger partial charge on any atom is -0.458 e. The Labute approximate surface area is 168 Å². The van der Waals surface area contributed by atoms with Crippen LogP contribution < -0.4 is 0 Å². The molecule has 6 aliphatic rings. The van der Waals surface area contributed by atoms with E-state index in [0.717, 1.165) is 42.9 Å². The number of hydrogen-bond acceptors (Lipinski definition) is 3. The standard InChI is InChI=1S/C25H34O3/c1-5-25(28-13(2)26)20-12-17(20)22-21-16-11-15(16)19-10-14(27)6-8-23(19,3)18(21)7-9-24(22,25)4/h10,15-18,20-22H,5-9,11-12H2,1-4H3/t15?,16?,17?,18?,20?,21?,22?,23?,24?,25-/m0/s1. The molecule has 10 atom stereocenters. The summed E-state index contributed by atoms with van der Waals surface area (Å²) >= 11 is 0. The van der Waals surface area contributed by atoms with Crippen LogP contribution in [0, 0.1) is 52.3 Å². The van der Waals surface area contributed by atoms with E-state index >= 15 is 0 Å². The molecule has 5 saturated carbocycles. The summed E-state index contributed by atoms with van der Waals surface area (Å²) in [6.45, 7) is 8.81. The Hall–Kier alpha value is -1.12. The van der Waals surface area contributed by atoms with Gasteiger partial charge in [0.05, 0.1) is 0 Å².